The van der Waals surface area contributed by atoms with Crippen molar-refractivity contribution < 1.29 is 4.79 Å². The van der Waals surface area contributed by atoms with E-state index in [4.69, 9.17) is 0 Å². The predicted octanol–water partition coefficient (Wildman–Crippen LogP) is 1.76. The molecule has 4 aromatic rings. The summed E-state index contributed by atoms with van der Waals surface area (Å²) in [4.78, 5) is 20.7. The Morgan fingerprint density at radius 2 is 1.96 bits per heavy atom. The first-order chi connectivity index (χ1) is 12.8. The number of hydrogen-bond donors (Lipinski definition) is 2. The molecule has 4 rings (SSSR count). The summed E-state index contributed by atoms with van der Waals surface area (Å²) >= 11 is 0. The first-order valence-electron chi connectivity index (χ1n) is 7.87. The molecular weight excluding hydrogens is 332 g/mol. The van der Waals surface area contributed by atoms with Crippen LogP contribution in [0.5, 0.6) is 0 Å². The van der Waals surface area contributed by atoms with E-state index >= 15 is 0 Å². The number of carbonyl (C=O) groups excluding carboxylic acids is 1. The third kappa shape index (κ3) is 3.46. The lowest BCUT2D eigenvalue weighted by molar-refractivity contribution is 0.102. The van der Waals surface area contributed by atoms with Crippen molar-refractivity contribution in [3.05, 3.63) is 72.2 Å². The minimum absolute atomic E-state index is 0.147. The zero-order valence-corrected chi connectivity index (χ0v) is 13.6. The highest BCUT2D eigenvalue weighted by molar-refractivity contribution is 6.01. The van der Waals surface area contributed by atoms with Crippen LogP contribution >= 0.6 is 0 Å². The molecule has 0 bridgehead atoms. The van der Waals surface area contributed by atoms with Crippen molar-refractivity contribution in [2.75, 3.05) is 5.32 Å². The summed E-state index contributed by atoms with van der Waals surface area (Å²) in [5.74, 6) is 0.178. The molecule has 128 valence electrons. The maximum absolute atomic E-state index is 12.3. The highest BCUT2D eigenvalue weighted by atomic mass is 16.2. The Hall–Kier alpha value is -3.88. The fourth-order valence-electron chi connectivity index (χ4n) is 2.35. The lowest BCUT2D eigenvalue weighted by Crippen LogP contribution is -2.13. The van der Waals surface area contributed by atoms with E-state index in [9.17, 15) is 4.79 Å². The minimum atomic E-state index is -0.434. The Balaban J connectivity index is 1.43. The van der Waals surface area contributed by atoms with Gasteiger partial charge in [-0.2, -0.15) is 4.98 Å². The summed E-state index contributed by atoms with van der Waals surface area (Å²) in [7, 11) is 0. The van der Waals surface area contributed by atoms with E-state index in [1.54, 1.807) is 29.2 Å². The number of aromatic amines is 1. The van der Waals surface area contributed by atoms with Gasteiger partial charge in [0.05, 0.1) is 12.7 Å². The normalized spacial score (nSPS) is 10.6. The van der Waals surface area contributed by atoms with E-state index in [0.29, 0.717) is 18.1 Å². The predicted molar refractivity (Wildman–Crippen MR) is 93.1 cm³/mol. The number of carbonyl (C=O) groups is 1. The SMILES string of the molecule is O=C(Nc1n[nH]c(-c2ccccn2)n1)c1cn(Cc2ccccc2)nn1. The van der Waals surface area contributed by atoms with Crippen molar-refractivity contribution >= 4 is 11.9 Å². The Labute approximate surface area is 148 Å². The number of aromatic nitrogens is 7. The van der Waals surface area contributed by atoms with Crippen LogP contribution in [-0.4, -0.2) is 41.1 Å². The summed E-state index contributed by atoms with van der Waals surface area (Å²) in [6, 6.07) is 15.2. The Bertz CT molecular complexity index is 1010. The first-order valence-corrected chi connectivity index (χ1v) is 7.87. The monoisotopic (exact) mass is 346 g/mol. The maximum Gasteiger partial charge on any atom is 0.280 e. The quantitative estimate of drug-likeness (QED) is 0.569. The van der Waals surface area contributed by atoms with Crippen molar-refractivity contribution in [1.29, 1.82) is 0 Å². The van der Waals surface area contributed by atoms with Gasteiger partial charge in [0.2, 0.25) is 5.95 Å². The first kappa shape index (κ1) is 15.6. The number of H-pyrrole nitrogens is 1. The van der Waals surface area contributed by atoms with E-state index in [1.165, 1.54) is 0 Å². The molecule has 1 aromatic carbocycles. The van der Waals surface area contributed by atoms with Crippen molar-refractivity contribution in [2.45, 2.75) is 6.54 Å². The van der Waals surface area contributed by atoms with E-state index in [2.05, 4.69) is 35.8 Å². The van der Waals surface area contributed by atoms with Gasteiger partial charge in [0.25, 0.3) is 5.91 Å². The van der Waals surface area contributed by atoms with E-state index in [1.807, 2.05) is 36.4 Å². The Kier molecular flexibility index (Phi) is 4.17. The second-order valence-electron chi connectivity index (χ2n) is 5.46. The summed E-state index contributed by atoms with van der Waals surface area (Å²) in [5.41, 5.74) is 1.89. The molecule has 0 radical (unpaired) electrons. The average Bonchev–Trinajstić information content (AvgIpc) is 3.33. The van der Waals surface area contributed by atoms with Crippen LogP contribution in [0.25, 0.3) is 11.5 Å². The Morgan fingerprint density at radius 3 is 2.77 bits per heavy atom. The van der Waals surface area contributed by atoms with Gasteiger partial charge in [-0.05, 0) is 17.7 Å². The molecule has 3 aromatic heterocycles. The average molecular weight is 346 g/mol. The number of rotatable bonds is 5. The third-order valence-electron chi connectivity index (χ3n) is 3.58. The number of amides is 1. The third-order valence-corrected chi connectivity index (χ3v) is 3.58. The van der Waals surface area contributed by atoms with Gasteiger partial charge >= 0.3 is 0 Å². The molecule has 9 heteroatoms. The number of nitrogens with zero attached hydrogens (tertiary/aromatic N) is 6. The standard InChI is InChI=1S/C17H14N8O/c26-16(14-11-25(24-21-14)10-12-6-2-1-3-7-12)20-17-19-15(22-23-17)13-8-4-5-9-18-13/h1-9,11H,10H2,(H2,19,20,22,23,26). The van der Waals surface area contributed by atoms with Crippen LogP contribution in [-0.2, 0) is 6.54 Å². The molecule has 26 heavy (non-hydrogen) atoms. The van der Waals surface area contributed by atoms with E-state index < -0.39 is 5.91 Å². The Morgan fingerprint density at radius 1 is 1.12 bits per heavy atom. The summed E-state index contributed by atoms with van der Waals surface area (Å²) in [6.07, 6.45) is 3.23. The zero-order valence-electron chi connectivity index (χ0n) is 13.6. The highest BCUT2D eigenvalue weighted by Gasteiger charge is 2.14. The van der Waals surface area contributed by atoms with Crippen LogP contribution in [0.2, 0.25) is 0 Å². The molecule has 0 spiro atoms. The maximum atomic E-state index is 12.3. The molecule has 0 aliphatic carbocycles. The van der Waals surface area contributed by atoms with E-state index in [0.717, 1.165) is 5.56 Å². The van der Waals surface area contributed by atoms with Crippen molar-refractivity contribution in [1.82, 2.24) is 35.2 Å². The van der Waals surface area contributed by atoms with Gasteiger partial charge in [-0.3, -0.25) is 20.2 Å². The fraction of sp³-hybridized carbons (Fsp3) is 0.0588. The van der Waals surface area contributed by atoms with Crippen LogP contribution in [0, 0.1) is 0 Å². The van der Waals surface area contributed by atoms with Gasteiger partial charge in [0, 0.05) is 6.20 Å². The minimum Gasteiger partial charge on any atom is -0.288 e. The second kappa shape index (κ2) is 6.93. The topological polar surface area (TPSA) is 114 Å². The smallest absolute Gasteiger partial charge is 0.280 e. The van der Waals surface area contributed by atoms with Gasteiger partial charge in [-0.25, -0.2) is 4.68 Å². The molecule has 9 nitrogen and oxygen atoms in total. The van der Waals surface area contributed by atoms with E-state index in [-0.39, 0.29) is 11.6 Å². The summed E-state index contributed by atoms with van der Waals surface area (Å²) < 4.78 is 1.60. The molecule has 2 N–H and O–H groups in total. The molecule has 0 aliphatic heterocycles. The number of benzene rings is 1. The summed E-state index contributed by atoms with van der Waals surface area (Å²) in [6.45, 7) is 0.533. The van der Waals surface area contributed by atoms with Crippen LogP contribution in [0.4, 0.5) is 5.95 Å². The van der Waals surface area contributed by atoms with Gasteiger partial charge in [0.1, 0.15) is 5.69 Å². The van der Waals surface area contributed by atoms with Crippen LogP contribution in [0.3, 0.4) is 0 Å². The zero-order chi connectivity index (χ0) is 17.8. The lowest BCUT2D eigenvalue weighted by Gasteiger charge is -1.99. The molecule has 0 unspecified atom stereocenters. The van der Waals surface area contributed by atoms with Crippen LogP contribution in [0.1, 0.15) is 16.1 Å². The lowest BCUT2D eigenvalue weighted by atomic mass is 10.2. The number of pyridine rings is 1. The summed E-state index contributed by atoms with van der Waals surface area (Å²) in [5, 5.41) is 17.2. The van der Waals surface area contributed by atoms with Crippen molar-refractivity contribution in [3.63, 3.8) is 0 Å². The van der Waals surface area contributed by atoms with Gasteiger partial charge in [-0.1, -0.05) is 41.6 Å². The van der Waals surface area contributed by atoms with Gasteiger partial charge in [0.15, 0.2) is 11.5 Å². The molecule has 0 saturated carbocycles. The fourth-order valence-corrected chi connectivity index (χ4v) is 2.35. The molecule has 0 aliphatic rings. The number of anilines is 1. The largest absolute Gasteiger partial charge is 0.288 e. The van der Waals surface area contributed by atoms with Crippen LogP contribution in [0.15, 0.2) is 60.9 Å². The molecule has 1 amide bonds. The molecule has 0 atom stereocenters. The van der Waals surface area contributed by atoms with Crippen molar-refractivity contribution in [2.24, 2.45) is 0 Å². The molecule has 0 fully saturated rings. The molecule has 3 heterocycles. The number of hydrogen-bond acceptors (Lipinski definition) is 6. The van der Waals surface area contributed by atoms with Crippen LogP contribution < -0.4 is 5.32 Å². The second-order valence-corrected chi connectivity index (χ2v) is 5.46. The number of nitrogens with one attached hydrogen (secondary N) is 2. The molecular formula is C17H14N8O. The van der Waals surface area contributed by atoms with Gasteiger partial charge < -0.3 is 0 Å². The highest BCUT2D eigenvalue weighted by Crippen LogP contribution is 2.12. The van der Waals surface area contributed by atoms with Crippen molar-refractivity contribution in [3.8, 4) is 11.5 Å². The van der Waals surface area contributed by atoms with Gasteiger partial charge in [-0.15, -0.1) is 10.2 Å². The molecule has 0 saturated heterocycles.